The van der Waals surface area contributed by atoms with Crippen LogP contribution in [0.3, 0.4) is 0 Å². The van der Waals surface area contributed by atoms with Crippen molar-refractivity contribution in [3.05, 3.63) is 18.6 Å². The second-order valence-electron chi connectivity index (χ2n) is 2.58. The molecule has 0 aromatic carbocycles. The molecule has 0 amide bonds. The number of hydrogen-bond donors (Lipinski definition) is 0. The Labute approximate surface area is 51.6 Å². The molecule has 1 aliphatic rings. The number of hydrogen-bond acceptors (Lipinski definition) is 0. The van der Waals surface area contributed by atoms with Crippen molar-refractivity contribution in [2.45, 2.75) is 26.2 Å². The molecule has 1 aliphatic carbocycles. The fourth-order valence-electron chi connectivity index (χ4n) is 1.09. The van der Waals surface area contributed by atoms with Crippen LogP contribution < -0.4 is 0 Å². The Morgan fingerprint density at radius 1 is 1.75 bits per heavy atom. The van der Waals surface area contributed by atoms with E-state index in [-0.39, 0.29) is 0 Å². The molecule has 0 saturated carbocycles. The first-order valence-corrected chi connectivity index (χ1v) is 3.30. The van der Waals surface area contributed by atoms with Crippen molar-refractivity contribution < 1.29 is 0 Å². The third kappa shape index (κ3) is 1.12. The molecule has 0 bridgehead atoms. The van der Waals surface area contributed by atoms with Crippen molar-refractivity contribution in [1.29, 1.82) is 0 Å². The molecule has 0 fully saturated rings. The lowest BCUT2D eigenvalue weighted by molar-refractivity contribution is 0.595. The summed E-state index contributed by atoms with van der Waals surface area (Å²) in [4.78, 5) is 0. The van der Waals surface area contributed by atoms with Crippen LogP contribution in [-0.4, -0.2) is 0 Å². The third-order valence-corrected chi connectivity index (χ3v) is 1.87. The third-order valence-electron chi connectivity index (χ3n) is 1.87. The monoisotopic (exact) mass is 109 g/mol. The van der Waals surface area contributed by atoms with E-state index in [9.17, 15) is 0 Å². The van der Waals surface area contributed by atoms with E-state index < -0.39 is 0 Å². The molecule has 0 nitrogen and oxygen atoms in total. The molecular weight excluding hydrogens is 96.1 g/mol. The molecule has 1 atom stereocenters. The molecule has 0 aromatic heterocycles. The van der Waals surface area contributed by atoms with Gasteiger partial charge in [-0.1, -0.05) is 11.6 Å². The largest absolute Gasteiger partial charge is 0.0853 e. The Morgan fingerprint density at radius 2 is 2.50 bits per heavy atom. The molecule has 0 aromatic rings. The van der Waals surface area contributed by atoms with E-state index in [2.05, 4.69) is 19.9 Å². The minimum absolute atomic E-state index is 0.615. The molecule has 1 radical (unpaired) electrons. The summed E-state index contributed by atoms with van der Waals surface area (Å²) in [6, 6.07) is 0. The van der Waals surface area contributed by atoms with Crippen LogP contribution in [0.25, 0.3) is 0 Å². The first-order chi connectivity index (χ1) is 3.80. The second kappa shape index (κ2) is 2.34. The van der Waals surface area contributed by atoms with Gasteiger partial charge in [-0.15, -0.1) is 0 Å². The van der Waals surface area contributed by atoms with Crippen LogP contribution in [0.2, 0.25) is 0 Å². The standard InChI is InChI=1S/C8H13/c1-7-5-3-4-6-8(7)2/h6-7H,1,3-5H2,2H3. The molecule has 1 unspecified atom stereocenters. The Balaban J connectivity index is 2.53. The molecule has 1 rings (SSSR count). The minimum Gasteiger partial charge on any atom is -0.0853 e. The predicted octanol–water partition coefficient (Wildman–Crippen LogP) is 2.57. The van der Waals surface area contributed by atoms with E-state index in [0.29, 0.717) is 5.92 Å². The summed E-state index contributed by atoms with van der Waals surface area (Å²) in [7, 11) is 0. The fourth-order valence-corrected chi connectivity index (χ4v) is 1.09. The van der Waals surface area contributed by atoms with Crippen LogP contribution in [-0.2, 0) is 0 Å². The van der Waals surface area contributed by atoms with Crippen molar-refractivity contribution in [1.82, 2.24) is 0 Å². The Hall–Kier alpha value is -0.260. The highest BCUT2D eigenvalue weighted by Gasteiger charge is 2.06. The van der Waals surface area contributed by atoms with Gasteiger partial charge in [-0.3, -0.25) is 0 Å². The zero-order chi connectivity index (χ0) is 5.98. The summed E-state index contributed by atoms with van der Waals surface area (Å²) < 4.78 is 0. The van der Waals surface area contributed by atoms with Gasteiger partial charge < -0.3 is 0 Å². The Morgan fingerprint density at radius 3 is 2.88 bits per heavy atom. The molecule has 0 heteroatoms. The quantitative estimate of drug-likeness (QED) is 0.419. The van der Waals surface area contributed by atoms with Gasteiger partial charge in [-0.25, -0.2) is 0 Å². The second-order valence-corrected chi connectivity index (χ2v) is 2.58. The molecule has 8 heavy (non-hydrogen) atoms. The van der Waals surface area contributed by atoms with Gasteiger partial charge in [0.15, 0.2) is 0 Å². The highest BCUT2D eigenvalue weighted by atomic mass is 14.1. The summed E-state index contributed by atoms with van der Waals surface area (Å²) in [5.41, 5.74) is 1.48. The lowest BCUT2D eigenvalue weighted by Crippen LogP contribution is -2.00. The molecule has 0 N–H and O–H groups in total. The molecule has 0 spiro atoms. The topological polar surface area (TPSA) is 0 Å². The lowest BCUT2D eigenvalue weighted by Gasteiger charge is -2.15. The summed E-state index contributed by atoms with van der Waals surface area (Å²) in [6.07, 6.45) is 6.22. The zero-order valence-corrected chi connectivity index (χ0v) is 5.48. The van der Waals surface area contributed by atoms with E-state index in [0.717, 1.165) is 0 Å². The molecule has 45 valence electrons. The van der Waals surface area contributed by atoms with Gasteiger partial charge in [0.25, 0.3) is 0 Å². The van der Waals surface area contributed by atoms with Crippen LogP contribution in [0, 0.1) is 12.8 Å². The smallest absolute Gasteiger partial charge is 0.0206 e. The molecule has 0 aliphatic heterocycles. The van der Waals surface area contributed by atoms with Gasteiger partial charge in [0.2, 0.25) is 0 Å². The van der Waals surface area contributed by atoms with Crippen molar-refractivity contribution >= 4 is 0 Å². The highest BCUT2D eigenvalue weighted by molar-refractivity contribution is 5.07. The van der Waals surface area contributed by atoms with Gasteiger partial charge in [-0.05, 0) is 39.0 Å². The number of rotatable bonds is 0. The lowest BCUT2D eigenvalue weighted by atomic mass is 9.91. The van der Waals surface area contributed by atoms with Crippen LogP contribution in [0.15, 0.2) is 11.6 Å². The molecule has 0 heterocycles. The van der Waals surface area contributed by atoms with E-state index in [1.165, 1.54) is 24.8 Å². The minimum atomic E-state index is 0.615. The van der Waals surface area contributed by atoms with Gasteiger partial charge in [0, 0.05) is 0 Å². The first kappa shape index (κ1) is 5.87. The SMILES string of the molecule is [CH2]C1CCCC=C1C. The summed E-state index contributed by atoms with van der Waals surface area (Å²) in [5.74, 6) is 0.615. The molecular formula is C8H13. The Kier molecular flexibility index (Phi) is 1.72. The van der Waals surface area contributed by atoms with Gasteiger partial charge in [0.1, 0.15) is 0 Å². The van der Waals surface area contributed by atoms with Crippen molar-refractivity contribution in [2.75, 3.05) is 0 Å². The van der Waals surface area contributed by atoms with Gasteiger partial charge in [0.05, 0.1) is 0 Å². The first-order valence-electron chi connectivity index (χ1n) is 3.30. The highest BCUT2D eigenvalue weighted by Crippen LogP contribution is 2.22. The van der Waals surface area contributed by atoms with E-state index in [4.69, 9.17) is 0 Å². The predicted molar refractivity (Wildman–Crippen MR) is 36.5 cm³/mol. The van der Waals surface area contributed by atoms with Crippen molar-refractivity contribution in [3.63, 3.8) is 0 Å². The van der Waals surface area contributed by atoms with Gasteiger partial charge in [-0.2, -0.15) is 0 Å². The van der Waals surface area contributed by atoms with Gasteiger partial charge >= 0.3 is 0 Å². The summed E-state index contributed by atoms with van der Waals surface area (Å²) in [6.45, 7) is 6.19. The van der Waals surface area contributed by atoms with Crippen LogP contribution >= 0.6 is 0 Å². The normalized spacial score (nSPS) is 29.8. The maximum Gasteiger partial charge on any atom is -0.0206 e. The number of allylic oxidation sites excluding steroid dienone is 2. The Bertz CT molecular complexity index is 101. The van der Waals surface area contributed by atoms with Crippen molar-refractivity contribution in [3.8, 4) is 0 Å². The van der Waals surface area contributed by atoms with E-state index in [1.54, 1.807) is 0 Å². The van der Waals surface area contributed by atoms with Crippen LogP contribution in [0.5, 0.6) is 0 Å². The van der Waals surface area contributed by atoms with Crippen molar-refractivity contribution in [2.24, 2.45) is 5.92 Å². The summed E-state index contributed by atoms with van der Waals surface area (Å²) in [5, 5.41) is 0. The van der Waals surface area contributed by atoms with Crippen LogP contribution in [0.1, 0.15) is 26.2 Å². The average molecular weight is 109 g/mol. The maximum atomic E-state index is 4.01. The van der Waals surface area contributed by atoms with E-state index >= 15 is 0 Å². The van der Waals surface area contributed by atoms with E-state index in [1.807, 2.05) is 0 Å². The molecule has 0 saturated heterocycles. The zero-order valence-electron chi connectivity index (χ0n) is 5.48. The maximum absolute atomic E-state index is 4.01. The van der Waals surface area contributed by atoms with Crippen LogP contribution in [0.4, 0.5) is 0 Å². The summed E-state index contributed by atoms with van der Waals surface area (Å²) >= 11 is 0. The average Bonchev–Trinajstić information content (AvgIpc) is 1.77. The fraction of sp³-hybridized carbons (Fsp3) is 0.625.